The number of aromatic nitrogens is 3. The second-order valence-electron chi connectivity index (χ2n) is 3.35. The number of anilines is 1. The fourth-order valence-electron chi connectivity index (χ4n) is 1.49. The van der Waals surface area contributed by atoms with Gasteiger partial charge >= 0.3 is 0 Å². The van der Waals surface area contributed by atoms with Crippen LogP contribution in [-0.4, -0.2) is 38.7 Å². The second-order valence-corrected chi connectivity index (χ2v) is 3.74. The lowest BCUT2D eigenvalue weighted by Crippen LogP contribution is -2.31. The number of rotatable bonds is 5. The molecule has 0 unspecified atom stereocenters. The lowest BCUT2D eigenvalue weighted by molar-refractivity contribution is -0.131. The Kier molecular flexibility index (Phi) is 4.48. The molecular weight excluding hydrogens is 226 g/mol. The number of H-pyrrole nitrogens is 1. The van der Waals surface area contributed by atoms with Crippen LogP contribution in [0.3, 0.4) is 0 Å². The van der Waals surface area contributed by atoms with E-state index in [-0.39, 0.29) is 5.91 Å². The van der Waals surface area contributed by atoms with Gasteiger partial charge < -0.3 is 10.6 Å². The molecule has 0 radical (unpaired) electrons. The zero-order valence-electron chi connectivity index (χ0n) is 9.56. The monoisotopic (exact) mass is 243 g/mol. The van der Waals surface area contributed by atoms with E-state index in [2.05, 4.69) is 10.2 Å². The van der Waals surface area contributed by atoms with E-state index in [4.69, 9.17) is 18.0 Å². The van der Waals surface area contributed by atoms with Crippen LogP contribution in [-0.2, 0) is 11.3 Å². The summed E-state index contributed by atoms with van der Waals surface area (Å²) >= 11 is 4.99. The smallest absolute Gasteiger partial charge is 0.224 e. The third-order valence-corrected chi connectivity index (χ3v) is 2.76. The van der Waals surface area contributed by atoms with Gasteiger partial charge in [-0.25, -0.2) is 5.10 Å². The van der Waals surface area contributed by atoms with Crippen molar-refractivity contribution in [3.8, 4) is 0 Å². The van der Waals surface area contributed by atoms with Gasteiger partial charge in [0, 0.05) is 26.1 Å². The summed E-state index contributed by atoms with van der Waals surface area (Å²) < 4.78 is 2.07. The Labute approximate surface area is 99.4 Å². The molecule has 0 aliphatic carbocycles. The fraction of sp³-hybridized carbons (Fsp3) is 0.667. The number of amides is 1. The van der Waals surface area contributed by atoms with Crippen molar-refractivity contribution in [1.29, 1.82) is 0 Å². The minimum atomic E-state index is 0.104. The summed E-state index contributed by atoms with van der Waals surface area (Å²) in [5.41, 5.74) is 5.60. The molecule has 0 fully saturated rings. The molecule has 3 N–H and O–H groups in total. The number of nitrogens with one attached hydrogen (secondary N) is 1. The number of nitrogens with two attached hydrogens (primary N) is 1. The highest BCUT2D eigenvalue weighted by Crippen LogP contribution is 2.03. The van der Waals surface area contributed by atoms with Gasteiger partial charge in [0.05, 0.1) is 0 Å². The van der Waals surface area contributed by atoms with E-state index < -0.39 is 0 Å². The third-order valence-electron chi connectivity index (χ3n) is 2.45. The normalized spacial score (nSPS) is 10.4. The van der Waals surface area contributed by atoms with Gasteiger partial charge in [-0.2, -0.15) is 0 Å². The summed E-state index contributed by atoms with van der Waals surface area (Å²) in [6.45, 7) is 5.83. The summed E-state index contributed by atoms with van der Waals surface area (Å²) in [5.74, 6) is 0.421. The molecule has 6 nitrogen and oxygen atoms in total. The minimum absolute atomic E-state index is 0.104. The van der Waals surface area contributed by atoms with Crippen LogP contribution < -0.4 is 5.73 Å². The standard InChI is InChI=1S/C9H17N5OS/c1-3-13(4-2)7(15)5-6-14-8(10)11-12-9(14)16/h3-6H2,1-2H3,(H2,10,11)(H,12,16). The molecule has 0 saturated carbocycles. The summed E-state index contributed by atoms with van der Waals surface area (Å²) in [4.78, 5) is 13.5. The Morgan fingerprint density at radius 3 is 2.62 bits per heavy atom. The van der Waals surface area contributed by atoms with Crippen LogP contribution in [0.2, 0.25) is 0 Å². The number of nitrogens with zero attached hydrogens (tertiary/aromatic N) is 3. The van der Waals surface area contributed by atoms with Crippen LogP contribution in [0.15, 0.2) is 0 Å². The predicted molar refractivity (Wildman–Crippen MR) is 64.4 cm³/mol. The Hall–Kier alpha value is -1.37. The molecule has 0 aliphatic heterocycles. The fourth-order valence-corrected chi connectivity index (χ4v) is 1.72. The first-order valence-corrected chi connectivity index (χ1v) is 5.69. The SMILES string of the molecule is CCN(CC)C(=O)CCn1c(N)n[nH]c1=S. The number of nitrogen functional groups attached to an aromatic ring is 1. The molecule has 90 valence electrons. The second kappa shape index (κ2) is 5.64. The summed E-state index contributed by atoms with van der Waals surface area (Å²) in [5, 5.41) is 6.36. The zero-order chi connectivity index (χ0) is 12.1. The Balaban J connectivity index is 2.58. The average Bonchev–Trinajstić information content (AvgIpc) is 2.58. The molecule has 1 aromatic heterocycles. The van der Waals surface area contributed by atoms with Crippen molar-refractivity contribution in [3.63, 3.8) is 0 Å². The molecule has 1 aromatic rings. The third kappa shape index (κ3) is 2.82. The Bertz CT molecular complexity index is 406. The van der Waals surface area contributed by atoms with E-state index in [0.717, 1.165) is 13.1 Å². The van der Waals surface area contributed by atoms with E-state index in [0.29, 0.717) is 23.7 Å². The zero-order valence-corrected chi connectivity index (χ0v) is 10.4. The highest BCUT2D eigenvalue weighted by atomic mass is 32.1. The van der Waals surface area contributed by atoms with E-state index >= 15 is 0 Å². The van der Waals surface area contributed by atoms with Crippen molar-refractivity contribution in [2.75, 3.05) is 18.8 Å². The molecule has 1 rings (SSSR count). The van der Waals surface area contributed by atoms with Gasteiger partial charge in [0.25, 0.3) is 0 Å². The van der Waals surface area contributed by atoms with Crippen LogP contribution in [0.25, 0.3) is 0 Å². The molecule has 7 heteroatoms. The largest absolute Gasteiger partial charge is 0.368 e. The molecule has 1 heterocycles. The molecular formula is C9H17N5OS. The molecule has 1 amide bonds. The molecule has 0 spiro atoms. The predicted octanol–water partition coefficient (Wildman–Crippen LogP) is 0.781. The van der Waals surface area contributed by atoms with Gasteiger partial charge in [0.1, 0.15) is 0 Å². The van der Waals surface area contributed by atoms with Crippen LogP contribution in [0.4, 0.5) is 5.95 Å². The Morgan fingerprint density at radius 2 is 2.19 bits per heavy atom. The summed E-state index contributed by atoms with van der Waals surface area (Å²) in [6.07, 6.45) is 0.389. The van der Waals surface area contributed by atoms with Crippen LogP contribution >= 0.6 is 12.2 Å². The van der Waals surface area contributed by atoms with Crippen LogP contribution in [0.5, 0.6) is 0 Å². The maximum atomic E-state index is 11.7. The first-order valence-electron chi connectivity index (χ1n) is 5.28. The molecule has 0 saturated heterocycles. The van der Waals surface area contributed by atoms with Crippen molar-refractivity contribution in [2.24, 2.45) is 0 Å². The van der Waals surface area contributed by atoms with Crippen molar-refractivity contribution in [1.82, 2.24) is 19.7 Å². The minimum Gasteiger partial charge on any atom is -0.368 e. The molecule has 0 atom stereocenters. The quantitative estimate of drug-likeness (QED) is 0.749. The van der Waals surface area contributed by atoms with Gasteiger partial charge in [0.2, 0.25) is 11.9 Å². The number of hydrogen-bond donors (Lipinski definition) is 2. The maximum Gasteiger partial charge on any atom is 0.224 e. The first kappa shape index (κ1) is 12.7. The lowest BCUT2D eigenvalue weighted by Gasteiger charge is -2.18. The number of carbonyl (C=O) groups is 1. The molecule has 0 aliphatic rings. The molecule has 0 bridgehead atoms. The van der Waals surface area contributed by atoms with Crippen molar-refractivity contribution in [2.45, 2.75) is 26.8 Å². The van der Waals surface area contributed by atoms with Crippen molar-refractivity contribution < 1.29 is 4.79 Å². The van der Waals surface area contributed by atoms with Crippen molar-refractivity contribution >= 4 is 24.1 Å². The Morgan fingerprint density at radius 1 is 1.56 bits per heavy atom. The van der Waals surface area contributed by atoms with E-state index in [1.54, 1.807) is 9.47 Å². The van der Waals surface area contributed by atoms with Crippen molar-refractivity contribution in [3.05, 3.63) is 4.77 Å². The van der Waals surface area contributed by atoms with E-state index in [1.807, 2.05) is 13.8 Å². The topological polar surface area (TPSA) is 79.9 Å². The molecule has 16 heavy (non-hydrogen) atoms. The first-order chi connectivity index (χ1) is 7.60. The van der Waals surface area contributed by atoms with Gasteiger partial charge in [-0.3, -0.25) is 9.36 Å². The number of carbonyl (C=O) groups excluding carboxylic acids is 1. The van der Waals surface area contributed by atoms with Gasteiger partial charge in [-0.15, -0.1) is 5.10 Å². The summed E-state index contributed by atoms with van der Waals surface area (Å²) in [7, 11) is 0. The van der Waals surface area contributed by atoms with Crippen LogP contribution in [0, 0.1) is 4.77 Å². The van der Waals surface area contributed by atoms with E-state index in [9.17, 15) is 4.79 Å². The average molecular weight is 243 g/mol. The highest BCUT2D eigenvalue weighted by molar-refractivity contribution is 7.71. The number of aromatic amines is 1. The van der Waals surface area contributed by atoms with Crippen LogP contribution in [0.1, 0.15) is 20.3 Å². The van der Waals surface area contributed by atoms with Gasteiger partial charge in [-0.1, -0.05) is 0 Å². The van der Waals surface area contributed by atoms with Gasteiger partial charge in [-0.05, 0) is 26.1 Å². The van der Waals surface area contributed by atoms with Gasteiger partial charge in [0.15, 0.2) is 4.77 Å². The lowest BCUT2D eigenvalue weighted by atomic mass is 10.3. The molecule has 0 aromatic carbocycles. The van der Waals surface area contributed by atoms with E-state index in [1.165, 1.54) is 0 Å². The highest BCUT2D eigenvalue weighted by Gasteiger charge is 2.10. The summed E-state index contributed by atoms with van der Waals surface area (Å²) in [6, 6.07) is 0. The number of hydrogen-bond acceptors (Lipinski definition) is 4. The maximum absolute atomic E-state index is 11.7.